The predicted octanol–water partition coefficient (Wildman–Crippen LogP) is 3.79. The molecule has 0 aliphatic heterocycles. The minimum Gasteiger partial charge on any atom is -0.357 e. The fourth-order valence-electron chi connectivity index (χ4n) is 2.91. The van der Waals surface area contributed by atoms with Crippen molar-refractivity contribution in [3.05, 3.63) is 54.1 Å². The van der Waals surface area contributed by atoms with Gasteiger partial charge in [-0.25, -0.2) is 9.98 Å². The molecule has 5 heteroatoms. The average Bonchev–Trinajstić information content (AvgIpc) is 3.06. The first-order chi connectivity index (χ1) is 12.5. The van der Waals surface area contributed by atoms with Crippen LogP contribution in [0.1, 0.15) is 51.9 Å². The summed E-state index contributed by atoms with van der Waals surface area (Å²) in [5.74, 6) is 2.81. The molecule has 1 heterocycles. The molecule has 0 amide bonds. The van der Waals surface area contributed by atoms with Crippen LogP contribution in [0.25, 0.3) is 0 Å². The van der Waals surface area contributed by atoms with E-state index in [0.29, 0.717) is 18.4 Å². The average molecular weight is 356 g/mol. The van der Waals surface area contributed by atoms with E-state index in [1.807, 2.05) is 12.4 Å². The van der Waals surface area contributed by atoms with E-state index >= 15 is 0 Å². The Morgan fingerprint density at radius 2 is 1.88 bits per heavy atom. The zero-order valence-electron chi connectivity index (χ0n) is 16.7. The second-order valence-corrected chi connectivity index (χ2v) is 7.22. The highest BCUT2D eigenvalue weighted by Crippen LogP contribution is 2.18. The van der Waals surface area contributed by atoms with Crippen LogP contribution < -0.4 is 10.6 Å². The van der Waals surface area contributed by atoms with Gasteiger partial charge in [-0.2, -0.15) is 0 Å². The van der Waals surface area contributed by atoms with Gasteiger partial charge in [0.1, 0.15) is 12.4 Å². The van der Waals surface area contributed by atoms with Crippen molar-refractivity contribution in [1.82, 2.24) is 20.2 Å². The van der Waals surface area contributed by atoms with Gasteiger partial charge in [-0.15, -0.1) is 0 Å². The Kier molecular flexibility index (Phi) is 7.70. The largest absolute Gasteiger partial charge is 0.357 e. The molecule has 1 aromatic carbocycles. The van der Waals surface area contributed by atoms with Gasteiger partial charge in [0, 0.05) is 37.4 Å². The van der Waals surface area contributed by atoms with Crippen molar-refractivity contribution in [2.45, 2.75) is 59.7 Å². The lowest BCUT2D eigenvalue weighted by atomic mass is 9.94. The standard InChI is InChI=1S/C21H33N5/c1-6-22-21(24-14-20-23-12-13-26(20)15-16(2)3)25-18(5)17(4)19-10-8-7-9-11-19/h7-13,16-18H,6,14-15H2,1-5H3,(H2,22,24,25). The number of hydrogen-bond donors (Lipinski definition) is 2. The predicted molar refractivity (Wildman–Crippen MR) is 109 cm³/mol. The minimum atomic E-state index is 0.269. The van der Waals surface area contributed by atoms with Crippen LogP contribution in [-0.2, 0) is 13.1 Å². The van der Waals surface area contributed by atoms with E-state index in [0.717, 1.165) is 24.9 Å². The summed E-state index contributed by atoms with van der Waals surface area (Å²) in [5.41, 5.74) is 1.33. The van der Waals surface area contributed by atoms with Gasteiger partial charge < -0.3 is 15.2 Å². The molecule has 142 valence electrons. The molecule has 2 aromatic rings. The van der Waals surface area contributed by atoms with Gasteiger partial charge in [0.15, 0.2) is 5.96 Å². The number of nitrogens with one attached hydrogen (secondary N) is 2. The summed E-state index contributed by atoms with van der Waals surface area (Å²) in [6.07, 6.45) is 3.89. The van der Waals surface area contributed by atoms with Gasteiger partial charge in [-0.3, -0.25) is 0 Å². The second-order valence-electron chi connectivity index (χ2n) is 7.22. The lowest BCUT2D eigenvalue weighted by Gasteiger charge is -2.24. The van der Waals surface area contributed by atoms with Gasteiger partial charge >= 0.3 is 0 Å². The summed E-state index contributed by atoms with van der Waals surface area (Å²) < 4.78 is 2.19. The van der Waals surface area contributed by atoms with Crippen molar-refractivity contribution < 1.29 is 0 Å². The van der Waals surface area contributed by atoms with E-state index in [-0.39, 0.29) is 6.04 Å². The Bertz CT molecular complexity index is 675. The van der Waals surface area contributed by atoms with Crippen LogP contribution in [0.5, 0.6) is 0 Å². The highest BCUT2D eigenvalue weighted by molar-refractivity contribution is 5.80. The van der Waals surface area contributed by atoms with Crippen molar-refractivity contribution in [1.29, 1.82) is 0 Å². The molecule has 1 aromatic heterocycles. The van der Waals surface area contributed by atoms with E-state index in [2.05, 4.69) is 85.1 Å². The quantitative estimate of drug-likeness (QED) is 0.559. The Morgan fingerprint density at radius 1 is 1.15 bits per heavy atom. The molecule has 2 unspecified atom stereocenters. The van der Waals surface area contributed by atoms with Crippen LogP contribution in [0.3, 0.4) is 0 Å². The van der Waals surface area contributed by atoms with Gasteiger partial charge in [-0.1, -0.05) is 51.1 Å². The molecule has 0 aliphatic rings. The van der Waals surface area contributed by atoms with E-state index in [4.69, 9.17) is 4.99 Å². The maximum absolute atomic E-state index is 4.75. The number of imidazole rings is 1. The molecule has 0 aliphatic carbocycles. The van der Waals surface area contributed by atoms with Gasteiger partial charge in [-0.05, 0) is 25.3 Å². The van der Waals surface area contributed by atoms with Crippen LogP contribution in [0.4, 0.5) is 0 Å². The lowest BCUT2D eigenvalue weighted by molar-refractivity contribution is 0.506. The molecule has 2 rings (SSSR count). The zero-order chi connectivity index (χ0) is 18.9. The molecule has 0 spiro atoms. The Labute approximate surface area is 158 Å². The van der Waals surface area contributed by atoms with Crippen LogP contribution in [0, 0.1) is 5.92 Å². The Hall–Kier alpha value is -2.30. The van der Waals surface area contributed by atoms with Gasteiger partial charge in [0.2, 0.25) is 0 Å². The first-order valence-corrected chi connectivity index (χ1v) is 9.61. The zero-order valence-corrected chi connectivity index (χ0v) is 16.7. The first-order valence-electron chi connectivity index (χ1n) is 9.61. The van der Waals surface area contributed by atoms with Crippen molar-refractivity contribution in [3.63, 3.8) is 0 Å². The lowest BCUT2D eigenvalue weighted by Crippen LogP contribution is -2.44. The minimum absolute atomic E-state index is 0.269. The molecule has 2 atom stereocenters. The molecule has 0 fully saturated rings. The number of nitrogens with zero attached hydrogens (tertiary/aromatic N) is 3. The smallest absolute Gasteiger partial charge is 0.191 e. The summed E-state index contributed by atoms with van der Waals surface area (Å²) in [5, 5.41) is 6.89. The number of benzene rings is 1. The third-order valence-corrected chi connectivity index (χ3v) is 4.53. The van der Waals surface area contributed by atoms with Crippen LogP contribution in [-0.4, -0.2) is 28.1 Å². The highest BCUT2D eigenvalue weighted by atomic mass is 15.2. The molecule has 0 bridgehead atoms. The molecule has 5 nitrogen and oxygen atoms in total. The monoisotopic (exact) mass is 355 g/mol. The normalized spacial score (nSPS) is 14.3. The van der Waals surface area contributed by atoms with E-state index in [1.165, 1.54) is 5.56 Å². The summed E-state index contributed by atoms with van der Waals surface area (Å²) in [7, 11) is 0. The van der Waals surface area contributed by atoms with E-state index < -0.39 is 0 Å². The molecular weight excluding hydrogens is 322 g/mol. The summed E-state index contributed by atoms with van der Waals surface area (Å²) in [6.45, 7) is 13.3. The van der Waals surface area contributed by atoms with Crippen molar-refractivity contribution in [2.75, 3.05) is 6.54 Å². The van der Waals surface area contributed by atoms with Crippen molar-refractivity contribution in [3.8, 4) is 0 Å². The SMILES string of the molecule is CCNC(=NCc1nccn1CC(C)C)NC(C)C(C)c1ccccc1. The topological polar surface area (TPSA) is 54.2 Å². The van der Waals surface area contributed by atoms with Gasteiger partial charge in [0.25, 0.3) is 0 Å². The highest BCUT2D eigenvalue weighted by Gasteiger charge is 2.15. The number of hydrogen-bond acceptors (Lipinski definition) is 2. The fourth-order valence-corrected chi connectivity index (χ4v) is 2.91. The van der Waals surface area contributed by atoms with Crippen LogP contribution in [0.2, 0.25) is 0 Å². The number of aliphatic imine (C=N–C) groups is 1. The fraction of sp³-hybridized carbons (Fsp3) is 0.524. The second kappa shape index (κ2) is 10.00. The Balaban J connectivity index is 2.03. The molecule has 2 N–H and O–H groups in total. The maximum atomic E-state index is 4.75. The van der Waals surface area contributed by atoms with Gasteiger partial charge in [0.05, 0.1) is 0 Å². The van der Waals surface area contributed by atoms with Crippen molar-refractivity contribution >= 4 is 5.96 Å². The summed E-state index contributed by atoms with van der Waals surface area (Å²) in [6, 6.07) is 10.9. The summed E-state index contributed by atoms with van der Waals surface area (Å²) >= 11 is 0. The molecule has 0 radical (unpaired) electrons. The molecule has 0 saturated heterocycles. The number of guanidine groups is 1. The Morgan fingerprint density at radius 3 is 2.54 bits per heavy atom. The van der Waals surface area contributed by atoms with E-state index in [1.54, 1.807) is 0 Å². The third-order valence-electron chi connectivity index (χ3n) is 4.53. The number of aromatic nitrogens is 2. The summed E-state index contributed by atoms with van der Waals surface area (Å²) in [4.78, 5) is 9.21. The molecule has 26 heavy (non-hydrogen) atoms. The molecular formula is C21H33N5. The third kappa shape index (κ3) is 5.90. The molecule has 0 saturated carbocycles. The van der Waals surface area contributed by atoms with Crippen molar-refractivity contribution in [2.24, 2.45) is 10.9 Å². The first kappa shape index (κ1) is 20.0. The maximum Gasteiger partial charge on any atom is 0.191 e. The van der Waals surface area contributed by atoms with Crippen LogP contribution >= 0.6 is 0 Å². The van der Waals surface area contributed by atoms with E-state index in [9.17, 15) is 0 Å². The number of rotatable bonds is 8. The van der Waals surface area contributed by atoms with Crippen LogP contribution in [0.15, 0.2) is 47.7 Å².